The lowest BCUT2D eigenvalue weighted by Crippen LogP contribution is -2.32. The Labute approximate surface area is 139 Å². The minimum atomic E-state index is -1.000. The van der Waals surface area contributed by atoms with Gasteiger partial charge in [-0.1, -0.05) is 15.9 Å². The molecule has 0 bridgehead atoms. The lowest BCUT2D eigenvalue weighted by Gasteiger charge is -2.03. The molecule has 118 valence electrons. The van der Waals surface area contributed by atoms with Crippen molar-refractivity contribution in [1.82, 2.24) is 5.43 Å². The van der Waals surface area contributed by atoms with Gasteiger partial charge in [-0.05, 0) is 42.5 Å². The maximum Gasteiger partial charge on any atom is 0.329 e. The van der Waals surface area contributed by atoms with Crippen LogP contribution in [0.3, 0.4) is 0 Å². The van der Waals surface area contributed by atoms with Crippen LogP contribution in [-0.4, -0.2) is 23.1 Å². The summed E-state index contributed by atoms with van der Waals surface area (Å²) in [6.45, 7) is 0. The van der Waals surface area contributed by atoms with Gasteiger partial charge in [-0.15, -0.1) is 0 Å². The number of nitrogens with one attached hydrogen (secondary N) is 2. The number of carbonyl (C=O) groups is 2. The van der Waals surface area contributed by atoms with Gasteiger partial charge in [0.2, 0.25) is 0 Å². The number of hydrogen-bond acceptors (Lipinski definition) is 4. The van der Waals surface area contributed by atoms with Gasteiger partial charge in [0.25, 0.3) is 0 Å². The van der Waals surface area contributed by atoms with Crippen molar-refractivity contribution in [3.8, 4) is 5.75 Å². The predicted molar refractivity (Wildman–Crippen MR) is 86.6 cm³/mol. The van der Waals surface area contributed by atoms with E-state index in [4.69, 9.17) is 0 Å². The number of amides is 2. The van der Waals surface area contributed by atoms with Crippen LogP contribution in [0.1, 0.15) is 5.56 Å². The zero-order chi connectivity index (χ0) is 16.8. The van der Waals surface area contributed by atoms with E-state index in [-0.39, 0.29) is 11.4 Å². The molecule has 2 rings (SSSR count). The summed E-state index contributed by atoms with van der Waals surface area (Å²) in [5, 5.41) is 15.5. The number of nitrogens with zero attached hydrogens (tertiary/aromatic N) is 1. The quantitative estimate of drug-likeness (QED) is 0.434. The van der Waals surface area contributed by atoms with Gasteiger partial charge in [-0.2, -0.15) is 5.10 Å². The van der Waals surface area contributed by atoms with E-state index in [0.717, 1.165) is 16.6 Å². The molecule has 0 atom stereocenters. The number of rotatable bonds is 3. The number of benzene rings is 2. The fourth-order valence-corrected chi connectivity index (χ4v) is 1.94. The van der Waals surface area contributed by atoms with Crippen molar-refractivity contribution in [3.63, 3.8) is 0 Å². The summed E-state index contributed by atoms with van der Waals surface area (Å²) < 4.78 is 13.5. The van der Waals surface area contributed by atoms with E-state index in [0.29, 0.717) is 5.56 Å². The lowest BCUT2D eigenvalue weighted by molar-refractivity contribution is -0.136. The maximum absolute atomic E-state index is 12.7. The molecule has 0 fully saturated rings. The highest BCUT2D eigenvalue weighted by Gasteiger charge is 2.12. The zero-order valence-electron chi connectivity index (χ0n) is 11.6. The van der Waals surface area contributed by atoms with Crippen molar-refractivity contribution >= 4 is 39.6 Å². The monoisotopic (exact) mass is 379 g/mol. The van der Waals surface area contributed by atoms with Crippen molar-refractivity contribution in [1.29, 1.82) is 0 Å². The molecule has 0 saturated heterocycles. The number of hydrazone groups is 1. The van der Waals surface area contributed by atoms with Crippen LogP contribution in [0.15, 0.2) is 52.0 Å². The van der Waals surface area contributed by atoms with Gasteiger partial charge in [-0.25, -0.2) is 9.82 Å². The zero-order valence-corrected chi connectivity index (χ0v) is 13.2. The Hall–Kier alpha value is -2.74. The summed E-state index contributed by atoms with van der Waals surface area (Å²) in [7, 11) is 0. The van der Waals surface area contributed by atoms with Crippen LogP contribution >= 0.6 is 15.9 Å². The van der Waals surface area contributed by atoms with Gasteiger partial charge in [0.05, 0.1) is 6.21 Å². The number of phenols is 1. The molecular weight excluding hydrogens is 369 g/mol. The Bertz CT molecular complexity index is 763. The molecule has 0 unspecified atom stereocenters. The predicted octanol–water partition coefficient (Wildman–Crippen LogP) is 2.38. The third-order valence-electron chi connectivity index (χ3n) is 2.67. The maximum atomic E-state index is 12.7. The van der Waals surface area contributed by atoms with E-state index in [1.807, 2.05) is 5.43 Å². The van der Waals surface area contributed by atoms with Crippen LogP contribution in [0.2, 0.25) is 0 Å². The van der Waals surface area contributed by atoms with Gasteiger partial charge in [0.15, 0.2) is 0 Å². The number of carbonyl (C=O) groups excluding carboxylic acids is 2. The fourth-order valence-electron chi connectivity index (χ4n) is 1.56. The minimum absolute atomic E-state index is 0.0260. The molecule has 0 aliphatic carbocycles. The van der Waals surface area contributed by atoms with Gasteiger partial charge in [0, 0.05) is 15.7 Å². The molecule has 0 saturated carbocycles. The highest BCUT2D eigenvalue weighted by Crippen LogP contribution is 2.19. The van der Waals surface area contributed by atoms with Crippen molar-refractivity contribution < 1.29 is 19.1 Å². The van der Waals surface area contributed by atoms with E-state index in [1.54, 1.807) is 12.1 Å². The molecule has 0 aromatic heterocycles. The summed E-state index contributed by atoms with van der Waals surface area (Å²) >= 11 is 3.23. The van der Waals surface area contributed by atoms with Crippen molar-refractivity contribution in [2.45, 2.75) is 0 Å². The molecule has 3 N–H and O–H groups in total. The fraction of sp³-hybridized carbons (Fsp3) is 0. The standard InChI is InChI=1S/C15H11BrFN3O3/c16-10-1-6-13(21)9(7-10)8-18-20-15(23)14(22)19-12-4-2-11(17)3-5-12/h1-8,21H,(H,19,22)(H,20,23). The highest BCUT2D eigenvalue weighted by molar-refractivity contribution is 9.10. The van der Waals surface area contributed by atoms with Crippen LogP contribution in [0, 0.1) is 5.82 Å². The molecule has 0 heterocycles. The van der Waals surface area contributed by atoms with Crippen molar-refractivity contribution in [2.75, 3.05) is 5.32 Å². The molecule has 2 aromatic rings. The molecule has 2 aromatic carbocycles. The van der Waals surface area contributed by atoms with Crippen LogP contribution in [0.25, 0.3) is 0 Å². The molecular formula is C15H11BrFN3O3. The third kappa shape index (κ3) is 4.89. The first kappa shape index (κ1) is 16.6. The molecule has 8 heteroatoms. The molecule has 23 heavy (non-hydrogen) atoms. The molecule has 0 aliphatic heterocycles. The highest BCUT2D eigenvalue weighted by atomic mass is 79.9. The first-order chi connectivity index (χ1) is 11.0. The second-order valence-electron chi connectivity index (χ2n) is 4.36. The van der Waals surface area contributed by atoms with Crippen LogP contribution in [0.4, 0.5) is 10.1 Å². The molecule has 0 radical (unpaired) electrons. The Kier molecular flexibility index (Phi) is 5.42. The Balaban J connectivity index is 1.93. The number of halogens is 2. The summed E-state index contributed by atoms with van der Waals surface area (Å²) in [6.07, 6.45) is 1.20. The SMILES string of the molecule is O=C(NN=Cc1cc(Br)ccc1O)C(=O)Nc1ccc(F)cc1. The van der Waals surface area contributed by atoms with E-state index in [1.165, 1.54) is 24.4 Å². The largest absolute Gasteiger partial charge is 0.507 e. The number of anilines is 1. The number of phenolic OH excluding ortho intramolecular Hbond substituents is 1. The normalized spacial score (nSPS) is 10.5. The average molecular weight is 380 g/mol. The number of hydrogen-bond donors (Lipinski definition) is 3. The van der Waals surface area contributed by atoms with Gasteiger partial charge >= 0.3 is 11.8 Å². The molecule has 6 nitrogen and oxygen atoms in total. The van der Waals surface area contributed by atoms with Crippen molar-refractivity contribution in [3.05, 3.63) is 58.3 Å². The first-order valence-corrected chi connectivity index (χ1v) is 7.13. The van der Waals surface area contributed by atoms with Crippen LogP contribution < -0.4 is 10.7 Å². The van der Waals surface area contributed by atoms with E-state index in [9.17, 15) is 19.1 Å². The van der Waals surface area contributed by atoms with Gasteiger partial charge in [0.1, 0.15) is 11.6 Å². The second kappa shape index (κ2) is 7.50. The van der Waals surface area contributed by atoms with E-state index in [2.05, 4.69) is 26.3 Å². The molecule has 0 aliphatic rings. The van der Waals surface area contributed by atoms with Crippen molar-refractivity contribution in [2.24, 2.45) is 5.10 Å². The summed E-state index contributed by atoms with van der Waals surface area (Å²) in [6, 6.07) is 9.63. The Morgan fingerprint density at radius 3 is 2.52 bits per heavy atom. The van der Waals surface area contributed by atoms with Gasteiger partial charge in [-0.3, -0.25) is 9.59 Å². The molecule has 0 spiro atoms. The Morgan fingerprint density at radius 1 is 1.13 bits per heavy atom. The summed E-state index contributed by atoms with van der Waals surface area (Å²) in [5.41, 5.74) is 2.66. The summed E-state index contributed by atoms with van der Waals surface area (Å²) in [5.74, 6) is -2.43. The van der Waals surface area contributed by atoms with Crippen LogP contribution in [-0.2, 0) is 9.59 Å². The van der Waals surface area contributed by atoms with E-state index >= 15 is 0 Å². The first-order valence-electron chi connectivity index (χ1n) is 6.34. The van der Waals surface area contributed by atoms with E-state index < -0.39 is 17.6 Å². The minimum Gasteiger partial charge on any atom is -0.507 e. The lowest BCUT2D eigenvalue weighted by atomic mass is 10.2. The summed E-state index contributed by atoms with van der Waals surface area (Å²) in [4.78, 5) is 23.2. The smallest absolute Gasteiger partial charge is 0.329 e. The van der Waals surface area contributed by atoms with Crippen LogP contribution in [0.5, 0.6) is 5.75 Å². The Morgan fingerprint density at radius 2 is 1.83 bits per heavy atom. The number of aromatic hydroxyl groups is 1. The van der Waals surface area contributed by atoms with Gasteiger partial charge < -0.3 is 10.4 Å². The third-order valence-corrected chi connectivity index (χ3v) is 3.16. The average Bonchev–Trinajstić information content (AvgIpc) is 2.52. The molecule has 2 amide bonds. The topological polar surface area (TPSA) is 90.8 Å². The second-order valence-corrected chi connectivity index (χ2v) is 5.28.